The molecule has 0 radical (unpaired) electrons. The molecule has 0 bridgehead atoms. The number of nitrogens with zero attached hydrogens (tertiary/aromatic N) is 6. The van der Waals surface area contributed by atoms with Crippen LogP contribution in [0.3, 0.4) is 0 Å². The van der Waals surface area contributed by atoms with E-state index >= 15 is 0 Å². The predicted octanol–water partition coefficient (Wildman–Crippen LogP) is 34.4. The average molecular weight is 2170 g/mol. The molecule has 0 spiro atoms. The molecule has 5 heterocycles. The van der Waals surface area contributed by atoms with Crippen molar-refractivity contribution in [1.29, 1.82) is 0 Å². The molecule has 0 saturated carbocycles. The molecule has 0 N–H and O–H groups in total. The summed E-state index contributed by atoms with van der Waals surface area (Å²) in [6.07, 6.45) is 18.6. The second-order valence-corrected chi connectivity index (χ2v) is 38.0. The molecule has 8 heteroatoms. The van der Waals surface area contributed by atoms with Crippen LogP contribution in [0.5, 0.6) is 0 Å². The van der Waals surface area contributed by atoms with Gasteiger partial charge >= 0.3 is 40.2 Å². The van der Waals surface area contributed by atoms with E-state index in [1.165, 1.54) is 44.5 Å². The van der Waals surface area contributed by atoms with Crippen LogP contribution in [-0.2, 0) is 65.9 Å². The fourth-order valence-corrected chi connectivity index (χ4v) is 19.1. The molecule has 0 amide bonds. The van der Waals surface area contributed by atoms with Gasteiger partial charge in [-0.1, -0.05) is 346 Å². The maximum atomic E-state index is 4.98. The summed E-state index contributed by atoms with van der Waals surface area (Å²) in [6.45, 7) is 27.1. The normalized spacial score (nSPS) is 12.1. The number of aromatic nitrogens is 6. The first-order valence-electron chi connectivity index (χ1n) is 49.1. The van der Waals surface area contributed by atoms with E-state index in [2.05, 4.69) is 466 Å². The van der Waals surface area contributed by atoms with Gasteiger partial charge in [0.05, 0.1) is 6.33 Å². The van der Waals surface area contributed by atoms with E-state index in [4.69, 9.17) is 29.9 Å². The van der Waals surface area contributed by atoms with Crippen LogP contribution in [0.2, 0.25) is 0 Å². The van der Waals surface area contributed by atoms with Crippen molar-refractivity contribution in [2.24, 2.45) is 23.7 Å². The Morgan fingerprint density at radius 1 is 0.200 bits per heavy atom. The molecule has 0 saturated heterocycles. The molecule has 19 aromatic rings. The van der Waals surface area contributed by atoms with Crippen molar-refractivity contribution in [3.05, 3.63) is 434 Å². The van der Waals surface area contributed by atoms with E-state index < -0.39 is 0 Å². The molecule has 0 aliphatic heterocycles. The van der Waals surface area contributed by atoms with Gasteiger partial charge in [-0.05, 0) is 237 Å². The topological polar surface area (TPSA) is 77.3 Å². The van der Waals surface area contributed by atoms with Crippen molar-refractivity contribution in [1.82, 2.24) is 29.9 Å². The molecule has 690 valence electrons. The monoisotopic (exact) mass is 2170 g/mol. The first kappa shape index (κ1) is 97.7. The van der Waals surface area contributed by atoms with E-state index in [1.54, 1.807) is 6.33 Å². The minimum absolute atomic E-state index is 0. The predicted molar refractivity (Wildman–Crippen MR) is 576 cm³/mol. The van der Waals surface area contributed by atoms with Crippen molar-refractivity contribution in [2.75, 3.05) is 0 Å². The number of rotatable bonds is 30. The Bertz CT molecular complexity index is 6810. The van der Waals surface area contributed by atoms with E-state index in [1.807, 2.05) is 0 Å². The second-order valence-electron chi connectivity index (χ2n) is 38.0. The molecule has 4 atom stereocenters. The molecule has 0 fully saturated rings. The summed E-state index contributed by atoms with van der Waals surface area (Å²) < 4.78 is 0. The third-order valence-corrected chi connectivity index (χ3v) is 28.3. The quantitative estimate of drug-likeness (QED) is 0.0418. The fourth-order valence-electron chi connectivity index (χ4n) is 19.1. The van der Waals surface area contributed by atoms with Crippen LogP contribution in [0.4, 0.5) is 0 Å². The number of aryl methyl sites for hydroxylation is 4. The maximum Gasteiger partial charge on any atom is 3.00 e. The van der Waals surface area contributed by atoms with Gasteiger partial charge in [-0.15, -0.1) is 179 Å². The largest absolute Gasteiger partial charge is 3.00 e. The Labute approximate surface area is 855 Å². The SMILES string of the molecule is CCC(C)Cc1cnc(-c2[c-]cc(-c3ccccc3-c3cc(-c4ccccc4-c4c[c-]c(-c5cc(-c6[c-]cc(-c7ccccc7-c7cc(-c8ccccc8-c8c[c-]c(-c9cc(C)c(CC(C)CC)cn9)cc8)cc(-c8ccccc8-c8c[c-]c(-c9cc(C)c(CC(C)CC)cn9)cc8)c7)cc6)ncn5)cc4)cc(-c4ccccc4-c4c[c-]c(-c5cc(C)c(CC(C)CC)cn5)cc4)c3)cc2)cc1C.[Ir+3].[Ir+3]. The number of pyridine rings is 4. The first-order valence-corrected chi connectivity index (χ1v) is 49.1. The molecule has 4 unspecified atom stereocenters. The molecule has 19 rings (SSSR count). The van der Waals surface area contributed by atoms with Crippen LogP contribution < -0.4 is 0 Å². The smallest absolute Gasteiger partial charge is 0.304 e. The average Bonchev–Trinajstić information content (AvgIpc) is 0.765. The van der Waals surface area contributed by atoms with Gasteiger partial charge in [-0.3, -0.25) is 9.97 Å². The van der Waals surface area contributed by atoms with Crippen LogP contribution in [0.15, 0.2) is 353 Å². The van der Waals surface area contributed by atoms with Crippen LogP contribution >= 0.6 is 0 Å². The van der Waals surface area contributed by atoms with Gasteiger partial charge in [0.15, 0.2) is 0 Å². The van der Waals surface area contributed by atoms with Crippen LogP contribution in [0.1, 0.15) is 126 Å². The molecule has 0 aliphatic rings. The third kappa shape index (κ3) is 21.7. The number of hydrogen-bond donors (Lipinski definition) is 0. The standard InChI is InChI=1S/C132H114N6.2Ir/c1-13-85(5)65-111-80-133-127(69-89(111)9)99-53-41-93(42-54-99)115-29-17-23-35-121(115)105-73-106(122-36-24-18-30-116(122)94-43-55-100(56-44-94)128-70-90(10)112(81-134-128)66-86(6)14-2)76-109(75-105)125-39-27-21-33-119(125)97-49-61-103(62-50-97)131-79-132(138-84-137-131)104-63-51-98(52-64-104)120-34-22-28-40-126(120)110-77-107(123-37-25-19-31-117(123)95-45-57-101(58-46-95)129-71-91(11)113(82-135-129)67-87(7)15-3)74-108(78-110)124-38-26-20-32-118(124)96-47-59-102(60-48-96)130-72-92(12)114(83-136-130)68-88(8)16-4;;/h17-53,55,57,59,61,63,69-88H,13-16,65-68H2,1-12H3;;/q-6;2*+3. The Hall–Kier alpha value is -13.9. The fraction of sp³-hybridized carbons (Fsp3) is 0.182. The minimum atomic E-state index is 0. The van der Waals surface area contributed by atoms with E-state index in [0.29, 0.717) is 23.7 Å². The third-order valence-electron chi connectivity index (χ3n) is 28.3. The Morgan fingerprint density at radius 2 is 0.364 bits per heavy atom. The molecule has 14 aromatic carbocycles. The Balaban J connectivity index is 0.00000676. The zero-order valence-electron chi connectivity index (χ0n) is 81.8. The summed E-state index contributed by atoms with van der Waals surface area (Å²) in [5, 5.41) is 0. The minimum Gasteiger partial charge on any atom is -0.304 e. The van der Waals surface area contributed by atoms with Gasteiger partial charge in [0, 0.05) is 24.8 Å². The maximum absolute atomic E-state index is 4.98. The molecule has 5 aromatic heterocycles. The summed E-state index contributed by atoms with van der Waals surface area (Å²) in [5.41, 5.74) is 47.2. The van der Waals surface area contributed by atoms with Gasteiger partial charge in [0.2, 0.25) is 0 Å². The number of hydrogen-bond acceptors (Lipinski definition) is 6. The van der Waals surface area contributed by atoms with Gasteiger partial charge in [-0.2, -0.15) is 0 Å². The van der Waals surface area contributed by atoms with Crippen molar-refractivity contribution in [2.45, 2.75) is 134 Å². The molecular formula is C132H114Ir2N6. The zero-order valence-corrected chi connectivity index (χ0v) is 86.6. The van der Waals surface area contributed by atoms with E-state index in [0.717, 1.165) is 252 Å². The van der Waals surface area contributed by atoms with Crippen molar-refractivity contribution in [3.63, 3.8) is 0 Å². The van der Waals surface area contributed by atoms with Crippen molar-refractivity contribution < 1.29 is 40.2 Å². The Morgan fingerprint density at radius 3 is 0.514 bits per heavy atom. The number of benzene rings is 14. The summed E-state index contributed by atoms with van der Waals surface area (Å²) >= 11 is 0. The van der Waals surface area contributed by atoms with Crippen LogP contribution in [0, 0.1) is 87.8 Å². The Kier molecular flexibility index (Phi) is 31.0. The molecular weight excluding hydrogens is 2050 g/mol. The van der Waals surface area contributed by atoms with Gasteiger partial charge in [0.25, 0.3) is 0 Å². The van der Waals surface area contributed by atoms with Crippen molar-refractivity contribution in [3.8, 4) is 201 Å². The summed E-state index contributed by atoms with van der Waals surface area (Å²) in [6, 6.07) is 139. The van der Waals surface area contributed by atoms with Crippen LogP contribution in [0.25, 0.3) is 201 Å². The van der Waals surface area contributed by atoms with Gasteiger partial charge < -0.3 is 19.9 Å². The van der Waals surface area contributed by atoms with Gasteiger partial charge in [0.1, 0.15) is 0 Å². The van der Waals surface area contributed by atoms with E-state index in [9.17, 15) is 0 Å². The van der Waals surface area contributed by atoms with Crippen LogP contribution in [-0.4, -0.2) is 29.9 Å². The summed E-state index contributed by atoms with van der Waals surface area (Å²) in [7, 11) is 0. The molecule has 140 heavy (non-hydrogen) atoms. The first-order chi connectivity index (χ1) is 67.4. The molecule has 6 nitrogen and oxygen atoms in total. The summed E-state index contributed by atoms with van der Waals surface area (Å²) in [4.78, 5) is 29.7. The van der Waals surface area contributed by atoms with E-state index in [-0.39, 0.29) is 40.2 Å². The summed E-state index contributed by atoms with van der Waals surface area (Å²) in [5.74, 6) is 2.39. The van der Waals surface area contributed by atoms with Crippen molar-refractivity contribution >= 4 is 0 Å². The zero-order chi connectivity index (χ0) is 94.9. The second kappa shape index (κ2) is 44.5. The van der Waals surface area contributed by atoms with Gasteiger partial charge in [-0.25, -0.2) is 0 Å². The molecule has 0 aliphatic carbocycles.